The Kier molecular flexibility index (Phi) is 4.04. The van der Waals surface area contributed by atoms with Crippen LogP contribution in [0.3, 0.4) is 0 Å². The number of carbonyl (C=O) groups is 2. The minimum absolute atomic E-state index is 0.173. The smallest absolute Gasteiger partial charge is 0.328 e. The molecular formula is C14H17NO4. The van der Waals surface area contributed by atoms with Crippen LogP contribution in [0.1, 0.15) is 24.8 Å². The standard InChI is InChI=1S/C14H17NO4/c1-9(14(17)18-2)15-13(16)11-7-8-19-12-6-4-3-5-10(11)12/h3-6,9,11H,7-8H2,1-2H3,(H,15,16)/t9-,11?/m1/s1. The molecule has 1 amide bonds. The summed E-state index contributed by atoms with van der Waals surface area (Å²) < 4.78 is 10.1. The topological polar surface area (TPSA) is 64.6 Å². The maximum absolute atomic E-state index is 12.2. The van der Waals surface area contributed by atoms with Crippen molar-refractivity contribution in [1.82, 2.24) is 5.32 Å². The van der Waals surface area contributed by atoms with Gasteiger partial charge in [-0.25, -0.2) is 4.79 Å². The predicted molar refractivity (Wildman–Crippen MR) is 68.9 cm³/mol. The van der Waals surface area contributed by atoms with Crippen LogP contribution in [-0.4, -0.2) is 31.6 Å². The summed E-state index contributed by atoms with van der Waals surface area (Å²) in [6.07, 6.45) is 0.608. The number of ether oxygens (including phenoxy) is 2. The molecule has 0 saturated heterocycles. The molecule has 1 N–H and O–H groups in total. The molecule has 19 heavy (non-hydrogen) atoms. The molecule has 2 rings (SSSR count). The van der Waals surface area contributed by atoms with E-state index in [2.05, 4.69) is 10.1 Å². The van der Waals surface area contributed by atoms with Crippen molar-refractivity contribution in [3.8, 4) is 5.75 Å². The van der Waals surface area contributed by atoms with Crippen LogP contribution in [-0.2, 0) is 14.3 Å². The Labute approximate surface area is 111 Å². The third kappa shape index (κ3) is 2.86. The van der Waals surface area contributed by atoms with Gasteiger partial charge in [0.25, 0.3) is 0 Å². The van der Waals surface area contributed by atoms with E-state index in [9.17, 15) is 9.59 Å². The molecule has 0 aromatic heterocycles. The maximum atomic E-state index is 12.2. The van der Waals surface area contributed by atoms with Crippen molar-refractivity contribution in [2.75, 3.05) is 13.7 Å². The summed E-state index contributed by atoms with van der Waals surface area (Å²) in [7, 11) is 1.30. The Bertz CT molecular complexity index is 486. The van der Waals surface area contributed by atoms with E-state index in [0.717, 1.165) is 11.3 Å². The van der Waals surface area contributed by atoms with E-state index in [4.69, 9.17) is 4.74 Å². The first-order valence-electron chi connectivity index (χ1n) is 6.23. The zero-order valence-electron chi connectivity index (χ0n) is 11.0. The molecule has 1 aromatic rings. The van der Waals surface area contributed by atoms with Gasteiger partial charge in [-0.3, -0.25) is 4.79 Å². The third-order valence-corrected chi connectivity index (χ3v) is 3.19. The van der Waals surface area contributed by atoms with Gasteiger partial charge in [0.05, 0.1) is 19.6 Å². The number of benzene rings is 1. The van der Waals surface area contributed by atoms with E-state index in [0.29, 0.717) is 13.0 Å². The molecule has 5 nitrogen and oxygen atoms in total. The molecule has 0 spiro atoms. The molecule has 1 heterocycles. The highest BCUT2D eigenvalue weighted by atomic mass is 16.5. The number of fused-ring (bicyclic) bond motifs is 1. The molecule has 1 aliphatic rings. The van der Waals surface area contributed by atoms with Gasteiger partial charge >= 0.3 is 5.97 Å². The Hall–Kier alpha value is -2.04. The fraction of sp³-hybridized carbons (Fsp3) is 0.429. The first-order chi connectivity index (χ1) is 9.13. The number of methoxy groups -OCH3 is 1. The minimum atomic E-state index is -0.646. The summed E-state index contributed by atoms with van der Waals surface area (Å²) in [5.74, 6) is -0.168. The van der Waals surface area contributed by atoms with E-state index in [-0.39, 0.29) is 11.8 Å². The number of hydrogen-bond acceptors (Lipinski definition) is 4. The normalized spacial score (nSPS) is 18.7. The second kappa shape index (κ2) is 5.73. The molecule has 5 heteroatoms. The van der Waals surface area contributed by atoms with Crippen molar-refractivity contribution in [2.24, 2.45) is 0 Å². The largest absolute Gasteiger partial charge is 0.493 e. The van der Waals surface area contributed by atoms with E-state index in [1.54, 1.807) is 6.92 Å². The summed E-state index contributed by atoms with van der Waals surface area (Å²) >= 11 is 0. The molecular weight excluding hydrogens is 246 g/mol. The van der Waals surface area contributed by atoms with Crippen LogP contribution >= 0.6 is 0 Å². The van der Waals surface area contributed by atoms with Crippen LogP contribution in [0.15, 0.2) is 24.3 Å². The monoisotopic (exact) mass is 263 g/mol. The van der Waals surface area contributed by atoms with Crippen molar-refractivity contribution in [2.45, 2.75) is 25.3 Å². The molecule has 0 fully saturated rings. The van der Waals surface area contributed by atoms with E-state index < -0.39 is 12.0 Å². The molecule has 2 atom stereocenters. The molecule has 0 radical (unpaired) electrons. The van der Waals surface area contributed by atoms with Crippen LogP contribution in [0.25, 0.3) is 0 Å². The predicted octanol–water partition coefficient (Wildman–Crippen LogP) is 1.23. The lowest BCUT2D eigenvalue weighted by Gasteiger charge is -2.25. The SMILES string of the molecule is COC(=O)[C@@H](C)NC(=O)C1CCOc2ccccc21. The molecule has 1 aliphatic heterocycles. The lowest BCUT2D eigenvalue weighted by Crippen LogP contribution is -2.42. The lowest BCUT2D eigenvalue weighted by molar-refractivity contribution is -0.144. The Morgan fingerprint density at radius 2 is 2.16 bits per heavy atom. The number of para-hydroxylation sites is 1. The second-order valence-corrected chi connectivity index (χ2v) is 4.48. The molecule has 102 valence electrons. The van der Waals surface area contributed by atoms with Crippen molar-refractivity contribution < 1.29 is 19.1 Å². The maximum Gasteiger partial charge on any atom is 0.328 e. The summed E-state index contributed by atoms with van der Waals surface area (Å²) in [5, 5.41) is 2.67. The Morgan fingerprint density at radius 1 is 1.42 bits per heavy atom. The highest BCUT2D eigenvalue weighted by Gasteiger charge is 2.29. The van der Waals surface area contributed by atoms with Gasteiger partial charge in [-0.15, -0.1) is 0 Å². The minimum Gasteiger partial charge on any atom is -0.493 e. The average molecular weight is 263 g/mol. The summed E-state index contributed by atoms with van der Waals surface area (Å²) in [4.78, 5) is 23.5. The number of rotatable bonds is 3. The fourth-order valence-corrected chi connectivity index (χ4v) is 2.16. The number of nitrogens with one attached hydrogen (secondary N) is 1. The summed E-state index contributed by atoms with van der Waals surface area (Å²) in [5.41, 5.74) is 0.864. The molecule has 1 aromatic carbocycles. The van der Waals surface area contributed by atoms with Crippen LogP contribution in [0.2, 0.25) is 0 Å². The van der Waals surface area contributed by atoms with Crippen LogP contribution < -0.4 is 10.1 Å². The van der Waals surface area contributed by atoms with Crippen LogP contribution in [0.5, 0.6) is 5.75 Å². The molecule has 0 aliphatic carbocycles. The number of amides is 1. The number of hydrogen-bond donors (Lipinski definition) is 1. The molecule has 1 unspecified atom stereocenters. The second-order valence-electron chi connectivity index (χ2n) is 4.48. The zero-order valence-corrected chi connectivity index (χ0v) is 11.0. The van der Waals surface area contributed by atoms with Gasteiger partial charge < -0.3 is 14.8 Å². The number of esters is 1. The van der Waals surface area contributed by atoms with Crippen molar-refractivity contribution in [3.05, 3.63) is 29.8 Å². The first-order valence-corrected chi connectivity index (χ1v) is 6.23. The van der Waals surface area contributed by atoms with E-state index in [1.165, 1.54) is 7.11 Å². The van der Waals surface area contributed by atoms with Gasteiger partial charge in [0.2, 0.25) is 5.91 Å². The van der Waals surface area contributed by atoms with Gasteiger partial charge in [0.1, 0.15) is 11.8 Å². The van der Waals surface area contributed by atoms with Gasteiger partial charge in [0, 0.05) is 5.56 Å². The Morgan fingerprint density at radius 3 is 2.89 bits per heavy atom. The number of carbonyl (C=O) groups excluding carboxylic acids is 2. The first kappa shape index (κ1) is 13.4. The van der Waals surface area contributed by atoms with Crippen LogP contribution in [0, 0.1) is 0 Å². The molecule has 0 bridgehead atoms. The summed E-state index contributed by atoms with van der Waals surface area (Å²) in [6, 6.07) is 6.82. The van der Waals surface area contributed by atoms with Crippen molar-refractivity contribution in [3.63, 3.8) is 0 Å². The van der Waals surface area contributed by atoms with Crippen molar-refractivity contribution in [1.29, 1.82) is 0 Å². The Balaban J connectivity index is 2.11. The van der Waals surface area contributed by atoms with Crippen LogP contribution in [0.4, 0.5) is 0 Å². The fourth-order valence-electron chi connectivity index (χ4n) is 2.16. The summed E-state index contributed by atoms with van der Waals surface area (Å²) in [6.45, 7) is 2.11. The van der Waals surface area contributed by atoms with Gasteiger partial charge in [-0.05, 0) is 19.4 Å². The highest BCUT2D eigenvalue weighted by molar-refractivity contribution is 5.89. The van der Waals surface area contributed by atoms with E-state index >= 15 is 0 Å². The zero-order chi connectivity index (χ0) is 13.8. The van der Waals surface area contributed by atoms with Gasteiger partial charge in [-0.1, -0.05) is 18.2 Å². The van der Waals surface area contributed by atoms with Gasteiger partial charge in [0.15, 0.2) is 0 Å². The quantitative estimate of drug-likeness (QED) is 0.833. The lowest BCUT2D eigenvalue weighted by atomic mass is 9.92. The highest BCUT2D eigenvalue weighted by Crippen LogP contribution is 2.33. The molecule has 0 saturated carbocycles. The van der Waals surface area contributed by atoms with Gasteiger partial charge in [-0.2, -0.15) is 0 Å². The van der Waals surface area contributed by atoms with Crippen molar-refractivity contribution >= 4 is 11.9 Å². The third-order valence-electron chi connectivity index (χ3n) is 3.19. The van der Waals surface area contributed by atoms with E-state index in [1.807, 2.05) is 24.3 Å². The average Bonchev–Trinajstić information content (AvgIpc) is 2.45.